The van der Waals surface area contributed by atoms with Crippen LogP contribution >= 0.6 is 15.9 Å². The number of aromatic nitrogens is 4. The number of rotatable bonds is 1. The normalized spacial score (nSPS) is 10.4. The average molecular weight is 257 g/mol. The van der Waals surface area contributed by atoms with Crippen molar-refractivity contribution in [1.29, 1.82) is 0 Å². The van der Waals surface area contributed by atoms with Crippen molar-refractivity contribution in [1.82, 2.24) is 15.5 Å². The molecule has 0 fully saturated rings. The molecule has 0 atom stereocenters. The molecule has 0 aliphatic rings. The van der Waals surface area contributed by atoms with Crippen LogP contribution in [0, 0.1) is 5.21 Å². The number of benzene rings is 1. The fourth-order valence-electron chi connectivity index (χ4n) is 1.07. The van der Waals surface area contributed by atoms with Gasteiger partial charge in [0.05, 0.1) is 11.6 Å². The van der Waals surface area contributed by atoms with E-state index in [1.165, 1.54) is 7.11 Å². The van der Waals surface area contributed by atoms with Gasteiger partial charge in [0.25, 0.3) is 0 Å². The second-order valence-electron chi connectivity index (χ2n) is 2.53. The summed E-state index contributed by atoms with van der Waals surface area (Å²) in [6.07, 6.45) is 0. The first-order valence-corrected chi connectivity index (χ1v) is 4.48. The van der Waals surface area contributed by atoms with Crippen LogP contribution in [0.15, 0.2) is 16.6 Å². The summed E-state index contributed by atoms with van der Waals surface area (Å²) in [4.78, 5) is 0.398. The molecule has 7 heteroatoms. The molecule has 1 aromatic carbocycles. The van der Waals surface area contributed by atoms with Crippen LogP contribution < -0.4 is 9.58 Å². The fraction of sp³-hybridized carbons (Fsp3) is 0.143. The van der Waals surface area contributed by atoms with Crippen LogP contribution in [0.2, 0.25) is 0 Å². The Morgan fingerprint density at radius 3 is 3.00 bits per heavy atom. The number of nitrogens with zero attached hydrogens (tertiary/aromatic N) is 4. The summed E-state index contributed by atoms with van der Waals surface area (Å²) < 4.78 is 5.64. The summed E-state index contributed by atoms with van der Waals surface area (Å²) >= 11 is 3.26. The van der Waals surface area contributed by atoms with Crippen molar-refractivity contribution < 1.29 is 9.58 Å². The maximum absolute atomic E-state index is 11.2. The fourth-order valence-corrected chi connectivity index (χ4v) is 1.58. The second kappa shape index (κ2) is 3.33. The molecule has 1 heterocycles. The van der Waals surface area contributed by atoms with Gasteiger partial charge < -0.3 is 9.94 Å². The first-order chi connectivity index (χ1) is 6.72. The SMILES string of the molecule is COc1cc(Br)c2nnn[n+]([O-])c2c1. The number of hydrogen-bond donors (Lipinski definition) is 0. The lowest BCUT2D eigenvalue weighted by molar-refractivity contribution is -0.649. The Balaban J connectivity index is 2.83. The quantitative estimate of drug-likeness (QED) is 0.547. The lowest BCUT2D eigenvalue weighted by Crippen LogP contribution is -2.33. The molecule has 0 radical (unpaired) electrons. The van der Waals surface area contributed by atoms with Crippen molar-refractivity contribution >= 4 is 27.0 Å². The van der Waals surface area contributed by atoms with Gasteiger partial charge in [0.15, 0.2) is 16.2 Å². The summed E-state index contributed by atoms with van der Waals surface area (Å²) in [5, 5.41) is 21.5. The van der Waals surface area contributed by atoms with Crippen molar-refractivity contribution in [3.05, 3.63) is 21.8 Å². The van der Waals surface area contributed by atoms with Gasteiger partial charge in [0, 0.05) is 6.07 Å². The van der Waals surface area contributed by atoms with E-state index in [2.05, 4.69) is 31.5 Å². The number of ether oxygens (including phenoxy) is 1. The summed E-state index contributed by atoms with van der Waals surface area (Å²) in [5.41, 5.74) is 0.766. The van der Waals surface area contributed by atoms with E-state index in [4.69, 9.17) is 4.74 Å². The third-order valence-corrected chi connectivity index (χ3v) is 2.33. The largest absolute Gasteiger partial charge is 0.691 e. The van der Waals surface area contributed by atoms with Crippen LogP contribution in [-0.4, -0.2) is 22.6 Å². The highest BCUT2D eigenvalue weighted by Crippen LogP contribution is 2.24. The van der Waals surface area contributed by atoms with Gasteiger partial charge >= 0.3 is 0 Å². The Kier molecular flexibility index (Phi) is 2.16. The maximum atomic E-state index is 11.2. The van der Waals surface area contributed by atoms with Crippen LogP contribution in [0.5, 0.6) is 5.75 Å². The van der Waals surface area contributed by atoms with Crippen LogP contribution in [0.3, 0.4) is 0 Å². The molecule has 0 saturated heterocycles. The molecule has 0 unspecified atom stereocenters. The van der Waals surface area contributed by atoms with E-state index in [0.717, 1.165) is 0 Å². The van der Waals surface area contributed by atoms with E-state index in [9.17, 15) is 5.21 Å². The van der Waals surface area contributed by atoms with E-state index < -0.39 is 0 Å². The monoisotopic (exact) mass is 256 g/mol. The molecule has 72 valence electrons. The van der Waals surface area contributed by atoms with Gasteiger partial charge in [0.1, 0.15) is 5.75 Å². The lowest BCUT2D eigenvalue weighted by atomic mass is 10.3. The first kappa shape index (κ1) is 9.07. The molecular weight excluding hydrogens is 252 g/mol. The molecule has 0 aliphatic heterocycles. The highest BCUT2D eigenvalue weighted by Gasteiger charge is 2.10. The van der Waals surface area contributed by atoms with Gasteiger partial charge in [-0.15, -0.1) is 4.85 Å². The van der Waals surface area contributed by atoms with Gasteiger partial charge in [-0.25, -0.2) is 0 Å². The molecule has 0 spiro atoms. The van der Waals surface area contributed by atoms with E-state index in [0.29, 0.717) is 26.1 Å². The molecule has 2 aromatic rings. The topological polar surface area (TPSA) is 74.8 Å². The third kappa shape index (κ3) is 1.35. The van der Waals surface area contributed by atoms with Crippen LogP contribution in [-0.2, 0) is 0 Å². The zero-order valence-corrected chi connectivity index (χ0v) is 8.72. The predicted molar refractivity (Wildman–Crippen MR) is 50.5 cm³/mol. The minimum Gasteiger partial charge on any atom is -0.691 e. The van der Waals surface area contributed by atoms with Gasteiger partial charge in [-0.1, -0.05) is 0 Å². The molecule has 1 aromatic heterocycles. The molecule has 6 nitrogen and oxygen atoms in total. The van der Waals surface area contributed by atoms with Crippen molar-refractivity contribution in [2.24, 2.45) is 0 Å². The maximum Gasteiger partial charge on any atom is 0.204 e. The standard InChI is InChI=1S/C7H5BrN4O2/c1-14-4-2-5(8)7-6(3-4)12(13)11-10-9-7/h2-3H,1H3. The summed E-state index contributed by atoms with van der Waals surface area (Å²) in [7, 11) is 1.52. The van der Waals surface area contributed by atoms with Crippen molar-refractivity contribution in [2.45, 2.75) is 0 Å². The van der Waals surface area contributed by atoms with Crippen molar-refractivity contribution in [2.75, 3.05) is 7.11 Å². The van der Waals surface area contributed by atoms with E-state index in [1.54, 1.807) is 12.1 Å². The smallest absolute Gasteiger partial charge is 0.204 e. The average Bonchev–Trinajstić information content (AvgIpc) is 2.19. The van der Waals surface area contributed by atoms with Crippen molar-refractivity contribution in [3.63, 3.8) is 0 Å². The number of fused-ring (bicyclic) bond motifs is 1. The minimum absolute atomic E-state index is 0.311. The van der Waals surface area contributed by atoms with E-state index in [-0.39, 0.29) is 0 Å². The molecule has 14 heavy (non-hydrogen) atoms. The zero-order valence-electron chi connectivity index (χ0n) is 7.14. The Hall–Kier alpha value is -1.50. The Morgan fingerprint density at radius 1 is 1.50 bits per heavy atom. The van der Waals surface area contributed by atoms with E-state index in [1.807, 2.05) is 0 Å². The Labute approximate surface area is 87.2 Å². The van der Waals surface area contributed by atoms with Gasteiger partial charge in [-0.3, -0.25) is 0 Å². The molecule has 0 amide bonds. The summed E-state index contributed by atoms with van der Waals surface area (Å²) in [6, 6.07) is 3.26. The second-order valence-corrected chi connectivity index (χ2v) is 3.38. The first-order valence-electron chi connectivity index (χ1n) is 3.69. The Morgan fingerprint density at radius 2 is 2.29 bits per heavy atom. The molecule has 0 bridgehead atoms. The van der Waals surface area contributed by atoms with Crippen LogP contribution in [0.25, 0.3) is 11.0 Å². The highest BCUT2D eigenvalue weighted by atomic mass is 79.9. The van der Waals surface area contributed by atoms with Gasteiger partial charge in [-0.05, 0) is 27.1 Å². The minimum atomic E-state index is 0.311. The molecule has 2 rings (SSSR count). The van der Waals surface area contributed by atoms with Gasteiger partial charge in [-0.2, -0.15) is 0 Å². The predicted octanol–water partition coefficient (Wildman–Crippen LogP) is 0.429. The summed E-state index contributed by atoms with van der Waals surface area (Å²) in [6.45, 7) is 0. The molecule has 0 aliphatic carbocycles. The third-order valence-electron chi connectivity index (χ3n) is 1.72. The molecule has 0 saturated carbocycles. The Bertz CT molecular complexity index is 490. The lowest BCUT2D eigenvalue weighted by Gasteiger charge is -2.04. The van der Waals surface area contributed by atoms with Crippen LogP contribution in [0.1, 0.15) is 0 Å². The number of halogens is 1. The number of hydrogen-bond acceptors (Lipinski definition) is 5. The van der Waals surface area contributed by atoms with E-state index >= 15 is 0 Å². The molecular formula is C7H5BrN4O2. The summed E-state index contributed by atoms with van der Waals surface area (Å²) in [5.74, 6) is 0.559. The number of methoxy groups -OCH3 is 1. The highest BCUT2D eigenvalue weighted by molar-refractivity contribution is 9.10. The van der Waals surface area contributed by atoms with Crippen molar-refractivity contribution in [3.8, 4) is 5.75 Å². The van der Waals surface area contributed by atoms with Gasteiger partial charge in [0.2, 0.25) is 5.21 Å². The zero-order chi connectivity index (χ0) is 10.1. The molecule has 0 N–H and O–H groups in total. The van der Waals surface area contributed by atoms with Crippen LogP contribution in [0.4, 0.5) is 0 Å².